The Labute approximate surface area is 89.8 Å². The lowest BCUT2D eigenvalue weighted by Gasteiger charge is -2.34. The van der Waals surface area contributed by atoms with Crippen molar-refractivity contribution in [1.29, 1.82) is 0 Å². The number of rotatable bonds is 3. The van der Waals surface area contributed by atoms with Crippen LogP contribution in [0, 0.1) is 0 Å². The number of hydrogen-bond donors (Lipinski definition) is 1. The van der Waals surface area contributed by atoms with Gasteiger partial charge in [-0.3, -0.25) is 0 Å². The molecule has 0 spiro atoms. The van der Waals surface area contributed by atoms with Crippen LogP contribution in [0.25, 0.3) is 0 Å². The van der Waals surface area contributed by atoms with E-state index >= 15 is 0 Å². The van der Waals surface area contributed by atoms with E-state index in [4.69, 9.17) is 9.47 Å². The van der Waals surface area contributed by atoms with Crippen molar-refractivity contribution >= 4 is 5.69 Å². The normalized spacial score (nSPS) is 22.6. The fraction of sp³-hybridized carbons (Fsp3) is 0.455. The highest BCUT2D eigenvalue weighted by atomic mass is 16.5. The van der Waals surface area contributed by atoms with Crippen molar-refractivity contribution in [2.75, 3.05) is 32.3 Å². The summed E-state index contributed by atoms with van der Waals surface area (Å²) in [7, 11) is 1.69. The molecule has 0 aliphatic carbocycles. The molecular weight excluding hydrogens is 192 g/mol. The van der Waals surface area contributed by atoms with Gasteiger partial charge in [-0.05, 0) is 12.1 Å². The predicted molar refractivity (Wildman–Crippen MR) is 58.4 cm³/mol. The summed E-state index contributed by atoms with van der Waals surface area (Å²) in [4.78, 5) is 0. The van der Waals surface area contributed by atoms with E-state index in [1.165, 1.54) is 0 Å². The van der Waals surface area contributed by atoms with E-state index in [9.17, 15) is 0 Å². The van der Waals surface area contributed by atoms with Gasteiger partial charge in [0, 0.05) is 19.3 Å². The average molecular weight is 208 g/mol. The maximum Gasteiger partial charge on any atom is 0.150 e. The first-order valence-electron chi connectivity index (χ1n) is 5.09. The zero-order valence-electron chi connectivity index (χ0n) is 8.85. The van der Waals surface area contributed by atoms with Crippen LogP contribution < -0.4 is 5.43 Å². The predicted octanol–water partition coefficient (Wildman–Crippen LogP) is 1.32. The molecule has 4 nitrogen and oxygen atoms in total. The van der Waals surface area contributed by atoms with Crippen LogP contribution >= 0.6 is 0 Å². The van der Waals surface area contributed by atoms with Crippen LogP contribution in [0.3, 0.4) is 0 Å². The van der Waals surface area contributed by atoms with E-state index in [0.717, 1.165) is 18.8 Å². The molecule has 1 fully saturated rings. The van der Waals surface area contributed by atoms with Crippen LogP contribution in [0.1, 0.15) is 0 Å². The standard InChI is InChI=1S/C11H16N2O2/c1-14-11-9-15-8-7-13(11)12-10-5-3-2-4-6-10/h2-6,11-12H,7-9H2,1H3. The van der Waals surface area contributed by atoms with Gasteiger partial charge in [0.05, 0.1) is 13.2 Å². The highest BCUT2D eigenvalue weighted by Crippen LogP contribution is 2.12. The molecule has 0 radical (unpaired) electrons. The minimum atomic E-state index is -0.0149. The molecule has 1 heterocycles. The van der Waals surface area contributed by atoms with Crippen LogP contribution in [-0.4, -0.2) is 38.1 Å². The summed E-state index contributed by atoms with van der Waals surface area (Å²) in [5.74, 6) is 0. The van der Waals surface area contributed by atoms with Crippen molar-refractivity contribution in [2.24, 2.45) is 0 Å². The van der Waals surface area contributed by atoms with Gasteiger partial charge in [0.1, 0.15) is 6.23 Å². The van der Waals surface area contributed by atoms with Gasteiger partial charge in [-0.15, -0.1) is 0 Å². The summed E-state index contributed by atoms with van der Waals surface area (Å²) in [6, 6.07) is 10.1. The Balaban J connectivity index is 1.97. The van der Waals surface area contributed by atoms with Crippen molar-refractivity contribution in [1.82, 2.24) is 5.01 Å². The van der Waals surface area contributed by atoms with Gasteiger partial charge in [-0.2, -0.15) is 5.01 Å². The number of hydrazine groups is 1. The Bertz CT molecular complexity index is 292. The van der Waals surface area contributed by atoms with Gasteiger partial charge in [-0.25, -0.2) is 0 Å². The van der Waals surface area contributed by atoms with Gasteiger partial charge in [0.2, 0.25) is 0 Å². The maximum atomic E-state index is 5.33. The summed E-state index contributed by atoms with van der Waals surface area (Å²) in [6.07, 6.45) is -0.0149. The molecule has 2 rings (SSSR count). The van der Waals surface area contributed by atoms with E-state index in [1.54, 1.807) is 7.11 Å². The molecule has 82 valence electrons. The van der Waals surface area contributed by atoms with Crippen molar-refractivity contribution < 1.29 is 9.47 Å². The fourth-order valence-corrected chi connectivity index (χ4v) is 1.58. The van der Waals surface area contributed by atoms with E-state index < -0.39 is 0 Å². The summed E-state index contributed by atoms with van der Waals surface area (Å²) in [6.45, 7) is 2.17. The Morgan fingerprint density at radius 3 is 2.93 bits per heavy atom. The number of hydrogen-bond acceptors (Lipinski definition) is 4. The lowest BCUT2D eigenvalue weighted by atomic mass is 10.3. The van der Waals surface area contributed by atoms with E-state index in [1.807, 2.05) is 30.3 Å². The zero-order chi connectivity index (χ0) is 10.5. The number of ether oxygens (including phenoxy) is 2. The Morgan fingerprint density at radius 2 is 2.20 bits per heavy atom. The second kappa shape index (κ2) is 5.11. The lowest BCUT2D eigenvalue weighted by Crippen LogP contribution is -2.49. The molecule has 0 bridgehead atoms. The number of nitrogens with one attached hydrogen (secondary N) is 1. The van der Waals surface area contributed by atoms with Crippen LogP contribution in [0.15, 0.2) is 30.3 Å². The third-order valence-corrected chi connectivity index (χ3v) is 2.40. The average Bonchev–Trinajstić information content (AvgIpc) is 2.31. The molecule has 1 unspecified atom stereocenters. The highest BCUT2D eigenvalue weighted by molar-refractivity contribution is 5.41. The third-order valence-electron chi connectivity index (χ3n) is 2.40. The second-order valence-electron chi connectivity index (χ2n) is 3.44. The molecule has 4 heteroatoms. The van der Waals surface area contributed by atoms with E-state index in [-0.39, 0.29) is 6.23 Å². The molecule has 15 heavy (non-hydrogen) atoms. The largest absolute Gasteiger partial charge is 0.376 e. The first kappa shape index (κ1) is 10.4. The number of nitrogens with zero attached hydrogens (tertiary/aromatic N) is 1. The van der Waals surface area contributed by atoms with Crippen molar-refractivity contribution in [3.05, 3.63) is 30.3 Å². The second-order valence-corrected chi connectivity index (χ2v) is 3.44. The first-order chi connectivity index (χ1) is 7.40. The minimum Gasteiger partial charge on any atom is -0.376 e. The fourth-order valence-electron chi connectivity index (χ4n) is 1.58. The summed E-state index contributed by atoms with van der Waals surface area (Å²) in [5, 5.41) is 2.05. The SMILES string of the molecule is COC1COCCN1Nc1ccccc1. The highest BCUT2D eigenvalue weighted by Gasteiger charge is 2.22. The van der Waals surface area contributed by atoms with Gasteiger partial charge in [0.15, 0.2) is 0 Å². The minimum absolute atomic E-state index is 0.0149. The molecule has 1 N–H and O–H groups in total. The first-order valence-corrected chi connectivity index (χ1v) is 5.09. The molecule has 1 saturated heterocycles. The Hall–Kier alpha value is -1.10. The maximum absolute atomic E-state index is 5.33. The lowest BCUT2D eigenvalue weighted by molar-refractivity contribution is -0.113. The number of benzene rings is 1. The molecule has 0 amide bonds. The van der Waals surface area contributed by atoms with Crippen molar-refractivity contribution in [3.63, 3.8) is 0 Å². The van der Waals surface area contributed by atoms with Gasteiger partial charge < -0.3 is 14.9 Å². The van der Waals surface area contributed by atoms with Gasteiger partial charge in [-0.1, -0.05) is 18.2 Å². The van der Waals surface area contributed by atoms with Crippen LogP contribution in [0.5, 0.6) is 0 Å². The summed E-state index contributed by atoms with van der Waals surface area (Å²) >= 11 is 0. The van der Waals surface area contributed by atoms with Gasteiger partial charge in [0.25, 0.3) is 0 Å². The molecule has 1 aliphatic rings. The number of morpholine rings is 1. The van der Waals surface area contributed by atoms with Crippen LogP contribution in [0.4, 0.5) is 5.69 Å². The quantitative estimate of drug-likeness (QED) is 0.812. The zero-order valence-corrected chi connectivity index (χ0v) is 8.85. The number of anilines is 1. The van der Waals surface area contributed by atoms with Gasteiger partial charge >= 0.3 is 0 Å². The molecule has 1 aromatic carbocycles. The van der Waals surface area contributed by atoms with Crippen molar-refractivity contribution in [3.8, 4) is 0 Å². The molecule has 0 aromatic heterocycles. The molecule has 1 aliphatic heterocycles. The van der Waals surface area contributed by atoms with E-state index in [0.29, 0.717) is 6.61 Å². The van der Waals surface area contributed by atoms with Crippen LogP contribution in [-0.2, 0) is 9.47 Å². The summed E-state index contributed by atoms with van der Waals surface area (Å²) < 4.78 is 10.6. The van der Waals surface area contributed by atoms with Crippen LogP contribution in [0.2, 0.25) is 0 Å². The Morgan fingerprint density at radius 1 is 1.40 bits per heavy atom. The molecule has 1 atom stereocenters. The van der Waals surface area contributed by atoms with Crippen molar-refractivity contribution in [2.45, 2.75) is 6.23 Å². The summed E-state index contributed by atoms with van der Waals surface area (Å²) in [5.41, 5.74) is 4.38. The van der Waals surface area contributed by atoms with E-state index in [2.05, 4.69) is 10.4 Å². The third kappa shape index (κ3) is 2.68. The molecule has 1 aromatic rings. The Kier molecular flexibility index (Phi) is 3.55. The monoisotopic (exact) mass is 208 g/mol. The number of methoxy groups -OCH3 is 1. The molecular formula is C11H16N2O2. The number of para-hydroxylation sites is 1. The smallest absolute Gasteiger partial charge is 0.150 e. The topological polar surface area (TPSA) is 33.7 Å². The molecule has 0 saturated carbocycles.